The summed E-state index contributed by atoms with van der Waals surface area (Å²) in [6.45, 7) is 1.37. The number of hydrogen-bond donors (Lipinski definition) is 3. The highest BCUT2D eigenvalue weighted by atomic mass is 35.5. The molecule has 2 amide bonds. The van der Waals surface area contributed by atoms with Crippen molar-refractivity contribution < 1.29 is 18.0 Å². The third-order valence-corrected chi connectivity index (χ3v) is 7.05. The Bertz CT molecular complexity index is 1310. The molecule has 3 aromatic rings. The lowest BCUT2D eigenvalue weighted by Crippen LogP contribution is -2.47. The van der Waals surface area contributed by atoms with Crippen LogP contribution >= 0.6 is 11.6 Å². The number of fused-ring (bicyclic) bond motifs is 1. The van der Waals surface area contributed by atoms with E-state index in [1.54, 1.807) is 36.4 Å². The Hall–Kier alpha value is -3.14. The lowest BCUT2D eigenvalue weighted by Gasteiger charge is -2.29. The Kier molecular flexibility index (Phi) is 6.83. The Morgan fingerprint density at radius 1 is 1.06 bits per heavy atom. The van der Waals surface area contributed by atoms with Gasteiger partial charge in [0, 0.05) is 31.7 Å². The molecule has 33 heavy (non-hydrogen) atoms. The van der Waals surface area contributed by atoms with Gasteiger partial charge >= 0.3 is 0 Å². The van der Waals surface area contributed by atoms with Crippen molar-refractivity contribution >= 4 is 55.6 Å². The van der Waals surface area contributed by atoms with Crippen LogP contribution in [-0.4, -0.2) is 46.4 Å². The predicted molar refractivity (Wildman–Crippen MR) is 129 cm³/mol. The fraction of sp³-hybridized carbons (Fsp3) is 0.217. The van der Waals surface area contributed by atoms with Gasteiger partial charge in [-0.2, -0.15) is 0 Å². The van der Waals surface area contributed by atoms with Gasteiger partial charge in [0.05, 0.1) is 22.2 Å². The number of carbonyl (C=O) groups excluding carboxylic acids is 2. The van der Waals surface area contributed by atoms with Crippen LogP contribution in [0.3, 0.4) is 0 Å². The molecule has 0 spiro atoms. The Labute approximate surface area is 197 Å². The molecular weight excluding hydrogens is 464 g/mol. The molecule has 8 nitrogen and oxygen atoms in total. The highest BCUT2D eigenvalue weighted by Crippen LogP contribution is 2.29. The van der Waals surface area contributed by atoms with Gasteiger partial charge in [0.25, 0.3) is 0 Å². The summed E-state index contributed by atoms with van der Waals surface area (Å²) in [6, 6.07) is 17.4. The topological polar surface area (TPSA) is 108 Å². The summed E-state index contributed by atoms with van der Waals surface area (Å²) < 4.78 is 27.6. The summed E-state index contributed by atoms with van der Waals surface area (Å²) >= 11 is 6.35. The number of sulfonamides is 1. The molecule has 0 atom stereocenters. The second-order valence-corrected chi connectivity index (χ2v) is 9.82. The van der Waals surface area contributed by atoms with Crippen molar-refractivity contribution in [3.05, 3.63) is 65.7 Å². The lowest BCUT2D eigenvalue weighted by molar-refractivity contribution is -0.120. The molecule has 172 valence electrons. The average molecular weight is 487 g/mol. The molecule has 10 heteroatoms. The maximum atomic E-state index is 12.6. The number of nitrogens with zero attached hydrogens (tertiary/aromatic N) is 1. The van der Waals surface area contributed by atoms with Gasteiger partial charge in [-0.25, -0.2) is 13.1 Å². The van der Waals surface area contributed by atoms with E-state index in [0.29, 0.717) is 29.5 Å². The average Bonchev–Trinajstić information content (AvgIpc) is 2.78. The number of nitrogens with one attached hydrogen (secondary N) is 3. The van der Waals surface area contributed by atoms with E-state index in [4.69, 9.17) is 11.6 Å². The normalized spacial score (nSPS) is 14.2. The number of rotatable bonds is 7. The van der Waals surface area contributed by atoms with E-state index in [0.717, 1.165) is 10.8 Å². The number of halogens is 1. The van der Waals surface area contributed by atoms with Crippen LogP contribution in [0.5, 0.6) is 0 Å². The predicted octanol–water partition coefficient (Wildman–Crippen LogP) is 2.74. The number of hydrogen-bond acceptors (Lipinski definition) is 5. The zero-order chi connectivity index (χ0) is 23.4. The van der Waals surface area contributed by atoms with E-state index in [9.17, 15) is 18.0 Å². The van der Waals surface area contributed by atoms with Crippen molar-refractivity contribution in [2.45, 2.75) is 11.3 Å². The van der Waals surface area contributed by atoms with Crippen molar-refractivity contribution in [3.8, 4) is 0 Å². The minimum absolute atomic E-state index is 0.0432. The van der Waals surface area contributed by atoms with Crippen LogP contribution in [0.2, 0.25) is 5.02 Å². The van der Waals surface area contributed by atoms with Crippen LogP contribution in [-0.2, 0) is 19.6 Å². The summed E-state index contributed by atoms with van der Waals surface area (Å²) in [4.78, 5) is 25.9. The number of anilines is 2. The molecule has 0 aromatic heterocycles. The van der Waals surface area contributed by atoms with Gasteiger partial charge in [0.2, 0.25) is 21.8 Å². The minimum Gasteiger partial charge on any atom is -0.359 e. The summed E-state index contributed by atoms with van der Waals surface area (Å²) in [5.41, 5.74) is 1.21. The minimum atomic E-state index is -3.74. The van der Waals surface area contributed by atoms with E-state index < -0.39 is 10.0 Å². The number of amides is 2. The maximum Gasteiger partial charge on any atom is 0.240 e. The molecule has 3 N–H and O–H groups in total. The van der Waals surface area contributed by atoms with Crippen molar-refractivity contribution in [1.29, 1.82) is 0 Å². The summed E-state index contributed by atoms with van der Waals surface area (Å²) in [6.07, 6.45) is -0.0432. The molecule has 1 aliphatic heterocycles. The molecule has 0 radical (unpaired) electrons. The first-order valence-electron chi connectivity index (χ1n) is 10.4. The summed E-state index contributed by atoms with van der Waals surface area (Å²) in [7, 11) is -3.74. The second-order valence-electron chi connectivity index (χ2n) is 7.64. The summed E-state index contributed by atoms with van der Waals surface area (Å²) in [5, 5.41) is 7.66. The molecule has 1 heterocycles. The lowest BCUT2D eigenvalue weighted by atomic mass is 10.1. The van der Waals surface area contributed by atoms with Crippen LogP contribution < -0.4 is 20.3 Å². The Morgan fingerprint density at radius 3 is 2.61 bits per heavy atom. The third-order valence-electron chi connectivity index (χ3n) is 5.29. The number of benzene rings is 3. The zero-order valence-electron chi connectivity index (χ0n) is 17.7. The molecule has 0 unspecified atom stereocenters. The monoisotopic (exact) mass is 486 g/mol. The quantitative estimate of drug-likeness (QED) is 0.476. The summed E-state index contributed by atoms with van der Waals surface area (Å²) in [5.74, 6) is -0.418. The molecule has 1 fully saturated rings. The molecule has 0 aliphatic carbocycles. The molecule has 0 bridgehead atoms. The first kappa shape index (κ1) is 23.0. The molecule has 4 rings (SSSR count). The standard InChI is InChI=1S/C23H23ClN4O4S/c24-20-14-18(6-8-21(20)28-12-11-25-23(30)15-28)27-22(29)9-10-26-33(31,32)19-7-5-16-3-1-2-4-17(16)13-19/h1-8,13-14,26H,9-12,15H2,(H,25,30)(H,27,29). The van der Waals surface area contributed by atoms with E-state index in [1.165, 1.54) is 0 Å². The maximum absolute atomic E-state index is 12.6. The van der Waals surface area contributed by atoms with Gasteiger partial charge in [0.1, 0.15) is 0 Å². The Balaban J connectivity index is 1.32. The van der Waals surface area contributed by atoms with Crippen molar-refractivity contribution in [2.24, 2.45) is 0 Å². The van der Waals surface area contributed by atoms with Crippen LogP contribution in [0.1, 0.15) is 6.42 Å². The van der Waals surface area contributed by atoms with Gasteiger partial charge in [0.15, 0.2) is 0 Å². The van der Waals surface area contributed by atoms with Gasteiger partial charge in [-0.15, -0.1) is 0 Å². The van der Waals surface area contributed by atoms with Gasteiger partial charge in [-0.05, 0) is 41.1 Å². The van der Waals surface area contributed by atoms with Gasteiger partial charge in [-0.3, -0.25) is 9.59 Å². The highest BCUT2D eigenvalue weighted by molar-refractivity contribution is 7.89. The van der Waals surface area contributed by atoms with Crippen molar-refractivity contribution in [1.82, 2.24) is 10.0 Å². The van der Waals surface area contributed by atoms with E-state index >= 15 is 0 Å². The van der Waals surface area contributed by atoms with Crippen LogP contribution in [0.15, 0.2) is 65.6 Å². The first-order valence-corrected chi connectivity index (χ1v) is 12.3. The van der Waals surface area contributed by atoms with Gasteiger partial charge < -0.3 is 15.5 Å². The molecule has 3 aromatic carbocycles. The van der Waals surface area contributed by atoms with E-state index in [1.807, 2.05) is 29.2 Å². The molecular formula is C23H23ClN4O4S. The number of piperazine rings is 1. The van der Waals surface area contributed by atoms with Crippen LogP contribution in [0, 0.1) is 0 Å². The van der Waals surface area contributed by atoms with Gasteiger partial charge in [-0.1, -0.05) is 41.9 Å². The Morgan fingerprint density at radius 2 is 1.85 bits per heavy atom. The van der Waals surface area contributed by atoms with E-state index in [2.05, 4.69) is 15.4 Å². The van der Waals surface area contributed by atoms with Crippen molar-refractivity contribution in [2.75, 3.05) is 36.4 Å². The molecule has 1 aliphatic rings. The van der Waals surface area contributed by atoms with Crippen molar-refractivity contribution in [3.63, 3.8) is 0 Å². The first-order chi connectivity index (χ1) is 15.8. The van der Waals surface area contributed by atoms with Crippen LogP contribution in [0.25, 0.3) is 10.8 Å². The van der Waals surface area contributed by atoms with Crippen LogP contribution in [0.4, 0.5) is 11.4 Å². The largest absolute Gasteiger partial charge is 0.359 e. The zero-order valence-corrected chi connectivity index (χ0v) is 19.2. The SMILES string of the molecule is O=C1CN(c2ccc(NC(=O)CCNS(=O)(=O)c3ccc4ccccc4c3)cc2Cl)CCN1. The number of carbonyl (C=O) groups is 2. The smallest absolute Gasteiger partial charge is 0.240 e. The second kappa shape index (κ2) is 9.78. The third kappa shape index (κ3) is 5.62. The molecule has 1 saturated heterocycles. The fourth-order valence-electron chi connectivity index (χ4n) is 3.63. The highest BCUT2D eigenvalue weighted by Gasteiger charge is 2.19. The fourth-order valence-corrected chi connectivity index (χ4v) is 4.99. The molecule has 0 saturated carbocycles. The van der Waals surface area contributed by atoms with E-state index in [-0.39, 0.29) is 36.2 Å².